The number of benzene rings is 1. The Bertz CT molecular complexity index is 956. The number of piperidine rings is 1. The molecule has 0 spiro atoms. The maximum absolute atomic E-state index is 10.7. The maximum Gasteiger partial charge on any atom is 0.203 e. The zero-order valence-electron chi connectivity index (χ0n) is 18.1. The Morgan fingerprint density at radius 1 is 1.16 bits per heavy atom. The van der Waals surface area contributed by atoms with Gasteiger partial charge in [-0.1, -0.05) is 6.07 Å². The summed E-state index contributed by atoms with van der Waals surface area (Å²) in [5, 5.41) is 20.1. The zero-order chi connectivity index (χ0) is 21.8. The molecule has 31 heavy (non-hydrogen) atoms. The van der Waals surface area contributed by atoms with Gasteiger partial charge in [-0.05, 0) is 55.4 Å². The lowest BCUT2D eigenvalue weighted by atomic mass is 9.90. The zero-order valence-corrected chi connectivity index (χ0v) is 18.9. The minimum atomic E-state index is -0.356. The highest BCUT2D eigenvalue weighted by molar-refractivity contribution is 7.10. The number of ether oxygens (including phenoxy) is 3. The SMILES string of the molecule is COc1cc(-c2[nH]ncc2CN2CCC([C@H](O)c3cccs3)CC2)cc(OC)c1OC. The van der Waals surface area contributed by atoms with Crippen LogP contribution in [0.4, 0.5) is 0 Å². The van der Waals surface area contributed by atoms with E-state index in [9.17, 15) is 5.11 Å². The van der Waals surface area contributed by atoms with Gasteiger partial charge in [0.05, 0.1) is 39.3 Å². The summed E-state index contributed by atoms with van der Waals surface area (Å²) in [6, 6.07) is 7.89. The van der Waals surface area contributed by atoms with Crippen LogP contribution in [0.5, 0.6) is 17.2 Å². The van der Waals surface area contributed by atoms with Gasteiger partial charge in [0, 0.05) is 22.5 Å². The van der Waals surface area contributed by atoms with Crippen LogP contribution in [0.25, 0.3) is 11.3 Å². The molecule has 1 fully saturated rings. The van der Waals surface area contributed by atoms with Gasteiger partial charge in [-0.3, -0.25) is 10.00 Å². The fraction of sp³-hybridized carbons (Fsp3) is 0.435. The van der Waals surface area contributed by atoms with E-state index in [4.69, 9.17) is 14.2 Å². The number of aliphatic hydroxyl groups excluding tert-OH is 1. The van der Waals surface area contributed by atoms with Crippen LogP contribution in [0.1, 0.15) is 29.4 Å². The fourth-order valence-electron chi connectivity index (χ4n) is 4.27. The third-order valence-electron chi connectivity index (χ3n) is 5.98. The van der Waals surface area contributed by atoms with Gasteiger partial charge in [0.2, 0.25) is 5.75 Å². The average Bonchev–Trinajstić information content (AvgIpc) is 3.50. The maximum atomic E-state index is 10.7. The standard InChI is InChI=1S/C23H29N3O4S/c1-28-18-11-16(12-19(29-2)23(18)30-3)21-17(13-24-25-21)14-26-8-6-15(7-9-26)22(27)20-5-4-10-31-20/h4-5,10-13,15,22,27H,6-9,14H2,1-3H3,(H,24,25)/t22-/m0/s1. The average molecular weight is 444 g/mol. The first-order valence-corrected chi connectivity index (χ1v) is 11.3. The number of rotatable bonds is 8. The fourth-order valence-corrected chi connectivity index (χ4v) is 5.07. The molecule has 1 aliphatic heterocycles. The summed E-state index contributed by atoms with van der Waals surface area (Å²) in [4.78, 5) is 3.49. The molecule has 1 aromatic carbocycles. The van der Waals surface area contributed by atoms with Crippen LogP contribution in [0, 0.1) is 5.92 Å². The molecule has 0 unspecified atom stereocenters. The van der Waals surface area contributed by atoms with Gasteiger partial charge in [0.25, 0.3) is 0 Å². The molecule has 0 bridgehead atoms. The Labute approximate surface area is 186 Å². The molecule has 0 saturated carbocycles. The van der Waals surface area contributed by atoms with Crippen molar-refractivity contribution in [1.82, 2.24) is 15.1 Å². The Hall–Kier alpha value is -2.55. The van der Waals surface area contributed by atoms with Crippen molar-refractivity contribution in [1.29, 1.82) is 0 Å². The van der Waals surface area contributed by atoms with E-state index < -0.39 is 0 Å². The monoisotopic (exact) mass is 443 g/mol. The van der Waals surface area contributed by atoms with Crippen molar-refractivity contribution in [3.63, 3.8) is 0 Å². The molecule has 166 valence electrons. The molecule has 1 atom stereocenters. The van der Waals surface area contributed by atoms with E-state index in [1.807, 2.05) is 35.8 Å². The van der Waals surface area contributed by atoms with Gasteiger partial charge < -0.3 is 19.3 Å². The summed E-state index contributed by atoms with van der Waals surface area (Å²) in [7, 11) is 4.83. The van der Waals surface area contributed by atoms with E-state index in [0.717, 1.165) is 54.2 Å². The van der Waals surface area contributed by atoms with E-state index in [1.54, 1.807) is 32.7 Å². The number of hydrogen-bond donors (Lipinski definition) is 2. The van der Waals surface area contributed by atoms with Crippen LogP contribution in [-0.4, -0.2) is 54.6 Å². The van der Waals surface area contributed by atoms with Crippen LogP contribution in [0.3, 0.4) is 0 Å². The number of nitrogens with one attached hydrogen (secondary N) is 1. The van der Waals surface area contributed by atoms with E-state index in [0.29, 0.717) is 23.2 Å². The lowest BCUT2D eigenvalue weighted by Crippen LogP contribution is -2.35. The van der Waals surface area contributed by atoms with Crippen LogP contribution in [0.2, 0.25) is 0 Å². The molecule has 3 heterocycles. The summed E-state index contributed by atoms with van der Waals surface area (Å²) >= 11 is 1.63. The quantitative estimate of drug-likeness (QED) is 0.545. The Kier molecular flexibility index (Phi) is 6.80. The Morgan fingerprint density at radius 3 is 2.45 bits per heavy atom. The van der Waals surface area contributed by atoms with Crippen LogP contribution in [-0.2, 0) is 6.54 Å². The second-order valence-electron chi connectivity index (χ2n) is 7.76. The molecule has 4 rings (SSSR count). The molecule has 1 saturated heterocycles. The molecule has 3 aromatic rings. The predicted octanol–water partition coefficient (Wildman–Crippen LogP) is 4.11. The van der Waals surface area contributed by atoms with Crippen molar-refractivity contribution < 1.29 is 19.3 Å². The third kappa shape index (κ3) is 4.56. The highest BCUT2D eigenvalue weighted by Gasteiger charge is 2.27. The molecule has 8 heteroatoms. The van der Waals surface area contributed by atoms with E-state index in [-0.39, 0.29) is 6.10 Å². The number of methoxy groups -OCH3 is 3. The number of aromatic nitrogens is 2. The second kappa shape index (κ2) is 9.72. The van der Waals surface area contributed by atoms with Crippen LogP contribution in [0.15, 0.2) is 35.8 Å². The minimum absolute atomic E-state index is 0.314. The largest absolute Gasteiger partial charge is 0.493 e. The number of aromatic amines is 1. The first kappa shape index (κ1) is 21.7. The van der Waals surface area contributed by atoms with Crippen LogP contribution < -0.4 is 14.2 Å². The van der Waals surface area contributed by atoms with E-state index >= 15 is 0 Å². The predicted molar refractivity (Wildman–Crippen MR) is 121 cm³/mol. The van der Waals surface area contributed by atoms with Crippen molar-refractivity contribution >= 4 is 11.3 Å². The third-order valence-corrected chi connectivity index (χ3v) is 6.92. The minimum Gasteiger partial charge on any atom is -0.493 e. The summed E-state index contributed by atoms with van der Waals surface area (Å²) in [5.41, 5.74) is 3.00. The number of aliphatic hydroxyl groups is 1. The molecule has 7 nitrogen and oxygen atoms in total. The summed E-state index contributed by atoms with van der Waals surface area (Å²) in [6.45, 7) is 2.70. The molecule has 1 aliphatic rings. The lowest BCUT2D eigenvalue weighted by molar-refractivity contribution is 0.0591. The van der Waals surface area contributed by atoms with Crippen molar-refractivity contribution in [3.05, 3.63) is 46.3 Å². The molecule has 2 aromatic heterocycles. The molecule has 0 amide bonds. The van der Waals surface area contributed by atoms with Gasteiger partial charge >= 0.3 is 0 Å². The molecular formula is C23H29N3O4S. The Balaban J connectivity index is 1.46. The van der Waals surface area contributed by atoms with Gasteiger partial charge in [0.15, 0.2) is 11.5 Å². The van der Waals surface area contributed by atoms with Gasteiger partial charge in [0.1, 0.15) is 0 Å². The van der Waals surface area contributed by atoms with Crippen molar-refractivity contribution in [2.75, 3.05) is 34.4 Å². The number of nitrogens with zero attached hydrogens (tertiary/aromatic N) is 2. The first-order chi connectivity index (χ1) is 15.1. The van der Waals surface area contributed by atoms with Crippen molar-refractivity contribution in [2.45, 2.75) is 25.5 Å². The smallest absolute Gasteiger partial charge is 0.203 e. The Morgan fingerprint density at radius 2 is 1.87 bits per heavy atom. The van der Waals surface area contributed by atoms with Crippen molar-refractivity contribution in [3.8, 4) is 28.5 Å². The number of thiophene rings is 1. The highest BCUT2D eigenvalue weighted by Crippen LogP contribution is 2.41. The lowest BCUT2D eigenvalue weighted by Gasteiger charge is -2.34. The van der Waals surface area contributed by atoms with Crippen LogP contribution >= 0.6 is 11.3 Å². The number of H-pyrrole nitrogens is 1. The number of likely N-dealkylation sites (tertiary alicyclic amines) is 1. The van der Waals surface area contributed by atoms with Gasteiger partial charge in [-0.2, -0.15) is 5.10 Å². The summed E-state index contributed by atoms with van der Waals surface area (Å²) in [5.74, 6) is 2.11. The molecule has 2 N–H and O–H groups in total. The molecule has 0 aliphatic carbocycles. The van der Waals surface area contributed by atoms with E-state index in [1.165, 1.54) is 0 Å². The van der Waals surface area contributed by atoms with Gasteiger partial charge in [-0.25, -0.2) is 0 Å². The first-order valence-electron chi connectivity index (χ1n) is 10.4. The molecular weight excluding hydrogens is 414 g/mol. The summed E-state index contributed by atoms with van der Waals surface area (Å²) < 4.78 is 16.4. The highest BCUT2D eigenvalue weighted by atomic mass is 32.1. The topological polar surface area (TPSA) is 79.8 Å². The second-order valence-corrected chi connectivity index (χ2v) is 8.74. The number of hydrogen-bond acceptors (Lipinski definition) is 7. The van der Waals surface area contributed by atoms with Gasteiger partial charge in [-0.15, -0.1) is 11.3 Å². The normalized spacial score (nSPS) is 16.3. The van der Waals surface area contributed by atoms with Crippen molar-refractivity contribution in [2.24, 2.45) is 5.92 Å². The molecule has 0 radical (unpaired) electrons. The summed E-state index contributed by atoms with van der Waals surface area (Å²) in [6.07, 6.45) is 3.49. The van der Waals surface area contributed by atoms with E-state index in [2.05, 4.69) is 15.1 Å².